The van der Waals surface area contributed by atoms with E-state index in [1.807, 2.05) is 58.9 Å². The molecule has 4 N–H and O–H groups in total. The van der Waals surface area contributed by atoms with Crippen molar-refractivity contribution in [2.45, 2.75) is 79.3 Å². The standard InChI is InChI=1S/C42H55F2N5O6/c1-40(2,3)27-42(6,45)39(54)47-31-12-9-28(10-13-31)17-18-48(7)36(51)23-41(4,5)24-37(52)49(8)19-20-55-32-14-15-33(35(44)22-32)38(53)46-25-29-11-16-34(43)30(21-29)26-50/h9-16,21-22,26H,17-20,23-25,27,45H2,1-8H3,(H,46,53)(H,47,54)/t42-/m1/s1. The fourth-order valence-electron chi connectivity index (χ4n) is 6.05. The smallest absolute Gasteiger partial charge is 0.254 e. The molecule has 0 aromatic heterocycles. The maximum atomic E-state index is 14.8. The van der Waals surface area contributed by atoms with Crippen molar-refractivity contribution in [3.63, 3.8) is 0 Å². The highest BCUT2D eigenvalue weighted by molar-refractivity contribution is 5.97. The number of aldehydes is 1. The van der Waals surface area contributed by atoms with E-state index in [0.29, 0.717) is 36.9 Å². The second kappa shape index (κ2) is 18.9. The van der Waals surface area contributed by atoms with Crippen molar-refractivity contribution < 1.29 is 37.5 Å². The van der Waals surface area contributed by atoms with E-state index in [-0.39, 0.29) is 72.6 Å². The fourth-order valence-corrected chi connectivity index (χ4v) is 6.05. The van der Waals surface area contributed by atoms with Gasteiger partial charge in [0.15, 0.2) is 6.29 Å². The van der Waals surface area contributed by atoms with Gasteiger partial charge in [-0.1, -0.05) is 52.8 Å². The number of nitrogens with two attached hydrogens (primary N) is 1. The summed E-state index contributed by atoms with van der Waals surface area (Å²) in [7, 11) is 3.36. The minimum Gasteiger partial charge on any atom is -0.492 e. The molecule has 0 saturated carbocycles. The number of nitrogens with one attached hydrogen (secondary N) is 2. The molecule has 4 amide bonds. The summed E-state index contributed by atoms with van der Waals surface area (Å²) >= 11 is 0. The zero-order valence-electron chi connectivity index (χ0n) is 33.2. The molecule has 0 spiro atoms. The number of anilines is 1. The van der Waals surface area contributed by atoms with E-state index in [1.54, 1.807) is 25.9 Å². The van der Waals surface area contributed by atoms with Crippen molar-refractivity contribution in [3.05, 3.63) is 94.6 Å². The third-order valence-electron chi connectivity index (χ3n) is 9.00. The van der Waals surface area contributed by atoms with Crippen LogP contribution in [0.4, 0.5) is 14.5 Å². The summed E-state index contributed by atoms with van der Waals surface area (Å²) < 4.78 is 33.9. The molecule has 3 aromatic carbocycles. The number of hydrogen-bond acceptors (Lipinski definition) is 7. The fraction of sp³-hybridized carbons (Fsp3) is 0.452. The monoisotopic (exact) mass is 763 g/mol. The Kier molecular flexibility index (Phi) is 15.2. The molecular formula is C42H55F2N5O6. The highest BCUT2D eigenvalue weighted by Crippen LogP contribution is 2.28. The third kappa shape index (κ3) is 14.2. The molecule has 0 aliphatic heterocycles. The molecule has 1 atom stereocenters. The van der Waals surface area contributed by atoms with Crippen LogP contribution in [0.5, 0.6) is 5.75 Å². The van der Waals surface area contributed by atoms with Crippen molar-refractivity contribution in [1.82, 2.24) is 15.1 Å². The second-order valence-electron chi connectivity index (χ2n) is 16.4. The van der Waals surface area contributed by atoms with E-state index >= 15 is 0 Å². The molecule has 0 unspecified atom stereocenters. The normalized spacial score (nSPS) is 12.6. The number of nitrogens with zero attached hydrogens (tertiary/aromatic N) is 2. The Balaban J connectivity index is 1.40. The van der Waals surface area contributed by atoms with Gasteiger partial charge in [0.2, 0.25) is 17.7 Å². The lowest BCUT2D eigenvalue weighted by Gasteiger charge is -2.31. The lowest BCUT2D eigenvalue weighted by atomic mass is 9.81. The minimum absolute atomic E-state index is 0.0346. The molecule has 298 valence electrons. The molecule has 13 heteroatoms. The number of rotatable bonds is 18. The Hall–Kier alpha value is -5.17. The summed E-state index contributed by atoms with van der Waals surface area (Å²) in [6.07, 6.45) is 1.81. The SMILES string of the molecule is CN(CCOc1ccc(C(=O)NCc2ccc(F)c(C=O)c2)c(F)c1)C(=O)CC(C)(C)CC(=O)N(C)CCc1ccc(NC(=O)[C@](C)(N)CC(C)(C)C)cc1. The van der Waals surface area contributed by atoms with Gasteiger partial charge >= 0.3 is 0 Å². The summed E-state index contributed by atoms with van der Waals surface area (Å²) in [5.41, 5.74) is 6.33. The van der Waals surface area contributed by atoms with Crippen molar-refractivity contribution in [2.24, 2.45) is 16.6 Å². The van der Waals surface area contributed by atoms with Crippen molar-refractivity contribution in [3.8, 4) is 5.75 Å². The van der Waals surface area contributed by atoms with Gasteiger partial charge in [0.25, 0.3) is 5.91 Å². The first kappa shape index (κ1) is 44.2. The van der Waals surface area contributed by atoms with Crippen LogP contribution >= 0.6 is 0 Å². The van der Waals surface area contributed by atoms with E-state index < -0.39 is 28.5 Å². The minimum atomic E-state index is -1.01. The average molecular weight is 764 g/mol. The zero-order chi connectivity index (χ0) is 41.1. The number of carbonyl (C=O) groups excluding carboxylic acids is 5. The quantitative estimate of drug-likeness (QED) is 0.132. The van der Waals surface area contributed by atoms with Crippen LogP contribution in [-0.2, 0) is 27.3 Å². The Bertz CT molecular complexity index is 1840. The van der Waals surface area contributed by atoms with Gasteiger partial charge in [-0.05, 0) is 78.1 Å². The van der Waals surface area contributed by atoms with Crippen molar-refractivity contribution in [2.75, 3.05) is 39.1 Å². The lowest BCUT2D eigenvalue weighted by molar-refractivity contribution is -0.135. The molecule has 0 aliphatic rings. The summed E-state index contributed by atoms with van der Waals surface area (Å²) in [5, 5.41) is 5.44. The molecule has 3 rings (SSSR count). The number of likely N-dealkylation sites (N-methyl/N-ethyl adjacent to an activating group) is 2. The van der Waals surface area contributed by atoms with Gasteiger partial charge in [0.05, 0.1) is 23.2 Å². The maximum Gasteiger partial charge on any atom is 0.254 e. The number of benzene rings is 3. The van der Waals surface area contributed by atoms with Crippen molar-refractivity contribution in [1.29, 1.82) is 0 Å². The predicted octanol–water partition coefficient (Wildman–Crippen LogP) is 6.14. The van der Waals surface area contributed by atoms with Gasteiger partial charge in [-0.25, -0.2) is 8.78 Å². The van der Waals surface area contributed by atoms with E-state index in [0.717, 1.165) is 17.7 Å². The molecule has 55 heavy (non-hydrogen) atoms. The maximum absolute atomic E-state index is 14.8. The topological polar surface area (TPSA) is 151 Å². The summed E-state index contributed by atoms with van der Waals surface area (Å²) in [4.78, 5) is 65.5. The van der Waals surface area contributed by atoms with E-state index in [9.17, 15) is 32.8 Å². The number of hydrogen-bond donors (Lipinski definition) is 3. The summed E-state index contributed by atoms with van der Waals surface area (Å²) in [6, 6.07) is 15.1. The largest absolute Gasteiger partial charge is 0.492 e. The van der Waals surface area contributed by atoms with Crippen LogP contribution in [-0.4, -0.2) is 79.0 Å². The molecule has 3 aromatic rings. The van der Waals surface area contributed by atoms with Crippen LogP contribution in [0, 0.1) is 22.5 Å². The summed E-state index contributed by atoms with van der Waals surface area (Å²) in [6.45, 7) is 12.3. The number of carbonyl (C=O) groups is 5. The highest BCUT2D eigenvalue weighted by Gasteiger charge is 2.33. The van der Waals surface area contributed by atoms with Crippen LogP contribution in [0.2, 0.25) is 0 Å². The lowest BCUT2D eigenvalue weighted by Crippen LogP contribution is -2.50. The van der Waals surface area contributed by atoms with Gasteiger partial charge in [-0.3, -0.25) is 24.0 Å². The highest BCUT2D eigenvalue weighted by atomic mass is 19.1. The first-order valence-electron chi connectivity index (χ1n) is 18.2. The van der Waals surface area contributed by atoms with Crippen LogP contribution in [0.25, 0.3) is 0 Å². The first-order chi connectivity index (χ1) is 25.6. The Morgan fingerprint density at radius 2 is 1.40 bits per heavy atom. The van der Waals surface area contributed by atoms with Crippen LogP contribution in [0.1, 0.15) is 92.6 Å². The van der Waals surface area contributed by atoms with Gasteiger partial charge in [-0.2, -0.15) is 0 Å². The second-order valence-corrected chi connectivity index (χ2v) is 16.4. The molecular weight excluding hydrogens is 708 g/mol. The first-order valence-corrected chi connectivity index (χ1v) is 18.2. The van der Waals surface area contributed by atoms with Gasteiger partial charge in [-0.15, -0.1) is 0 Å². The Morgan fingerprint density at radius 1 is 0.800 bits per heavy atom. The predicted molar refractivity (Wildman–Crippen MR) is 209 cm³/mol. The zero-order valence-corrected chi connectivity index (χ0v) is 33.2. The molecule has 0 bridgehead atoms. The van der Waals surface area contributed by atoms with E-state index in [4.69, 9.17) is 10.5 Å². The Morgan fingerprint density at radius 3 is 1.98 bits per heavy atom. The van der Waals surface area contributed by atoms with Gasteiger partial charge in [0.1, 0.15) is 24.0 Å². The molecule has 0 heterocycles. The summed E-state index contributed by atoms with van der Waals surface area (Å²) in [5.74, 6) is -2.52. The number of halogens is 2. The van der Waals surface area contributed by atoms with Crippen LogP contribution < -0.4 is 21.1 Å². The van der Waals surface area contributed by atoms with Gasteiger partial charge < -0.3 is 30.9 Å². The van der Waals surface area contributed by atoms with E-state index in [1.165, 1.54) is 29.2 Å². The third-order valence-corrected chi connectivity index (χ3v) is 9.00. The van der Waals surface area contributed by atoms with Crippen LogP contribution in [0.15, 0.2) is 60.7 Å². The van der Waals surface area contributed by atoms with Gasteiger partial charge in [0, 0.05) is 51.8 Å². The van der Waals surface area contributed by atoms with Crippen LogP contribution in [0.3, 0.4) is 0 Å². The van der Waals surface area contributed by atoms with E-state index in [2.05, 4.69) is 10.6 Å². The molecule has 0 saturated heterocycles. The average Bonchev–Trinajstić information content (AvgIpc) is 3.09. The van der Waals surface area contributed by atoms with Crippen molar-refractivity contribution >= 4 is 35.6 Å². The number of ether oxygens (including phenoxy) is 1. The molecule has 0 radical (unpaired) electrons. The Labute approximate surface area is 323 Å². The molecule has 0 fully saturated rings. The number of amides is 4. The molecule has 0 aliphatic carbocycles. The molecule has 11 nitrogen and oxygen atoms in total.